The smallest absolute Gasteiger partial charge is 0.248 e. The molecule has 2 aromatic rings. The summed E-state index contributed by atoms with van der Waals surface area (Å²) < 4.78 is 3.18. The number of carbonyl (C=O) groups excluding carboxylic acids is 1. The molecular weight excluding hydrogens is 292 g/mol. The zero-order valence-electron chi connectivity index (χ0n) is 12.1. The minimum Gasteiger partial charge on any atom is -0.316 e. The predicted octanol–water partition coefficient (Wildman–Crippen LogP) is 4.30. The summed E-state index contributed by atoms with van der Waals surface area (Å²) in [5.41, 5.74) is 2.25. The van der Waals surface area contributed by atoms with E-state index in [2.05, 4.69) is 23.4 Å². The second-order valence-corrected chi connectivity index (χ2v) is 6.25. The monoisotopic (exact) mass is 310 g/mol. The van der Waals surface area contributed by atoms with Crippen LogP contribution in [0.25, 0.3) is 10.2 Å². The quantitative estimate of drug-likeness (QED) is 0.829. The van der Waals surface area contributed by atoms with E-state index in [1.165, 1.54) is 11.3 Å². The molecule has 0 aliphatic heterocycles. The normalized spacial score (nSPS) is 12.3. The Bertz CT molecular complexity index is 700. The zero-order valence-corrected chi connectivity index (χ0v) is 13.6. The first-order valence-corrected chi connectivity index (χ1v) is 8.13. The Balaban J connectivity index is 2.56. The van der Waals surface area contributed by atoms with Crippen LogP contribution >= 0.6 is 22.9 Å². The molecule has 0 N–H and O–H groups in total. The highest BCUT2D eigenvalue weighted by Crippen LogP contribution is 2.25. The molecule has 1 aromatic heterocycles. The molecule has 2 rings (SSSR count). The lowest BCUT2D eigenvalue weighted by molar-refractivity contribution is -0.118. The van der Waals surface area contributed by atoms with Crippen molar-refractivity contribution in [3.05, 3.63) is 27.5 Å². The van der Waals surface area contributed by atoms with Crippen molar-refractivity contribution in [2.45, 2.75) is 46.6 Å². The van der Waals surface area contributed by atoms with Gasteiger partial charge in [-0.15, -0.1) is 0 Å². The van der Waals surface area contributed by atoms with Gasteiger partial charge in [0.05, 0.1) is 10.2 Å². The maximum absolute atomic E-state index is 11.9. The number of aromatic nitrogens is 1. The van der Waals surface area contributed by atoms with Crippen molar-refractivity contribution in [3.63, 3.8) is 0 Å². The number of unbranched alkanes of at least 4 members (excludes halogenated alkanes) is 1. The molecule has 0 saturated carbocycles. The predicted molar refractivity (Wildman–Crippen MR) is 85.3 cm³/mol. The standard InChI is InChI=1S/C15H19ClN2OS/c1-4-6-7-13(19)17-15-18(5-2)14-10(3)8-11(16)9-12(14)20-15/h8-9H,4-7H2,1-3H3. The third-order valence-electron chi connectivity index (χ3n) is 3.21. The first kappa shape index (κ1) is 15.3. The maximum atomic E-state index is 11.9. The third-order valence-corrected chi connectivity index (χ3v) is 4.46. The molecule has 108 valence electrons. The van der Waals surface area contributed by atoms with Gasteiger partial charge in [0, 0.05) is 18.0 Å². The number of benzene rings is 1. The van der Waals surface area contributed by atoms with Crippen LogP contribution in [-0.2, 0) is 11.3 Å². The Labute approximate surface area is 127 Å². The van der Waals surface area contributed by atoms with Crippen LogP contribution in [0.15, 0.2) is 17.1 Å². The summed E-state index contributed by atoms with van der Waals surface area (Å²) in [5.74, 6) is -0.0376. The van der Waals surface area contributed by atoms with E-state index < -0.39 is 0 Å². The van der Waals surface area contributed by atoms with Crippen molar-refractivity contribution in [1.29, 1.82) is 0 Å². The van der Waals surface area contributed by atoms with Crippen molar-refractivity contribution in [2.75, 3.05) is 0 Å². The topological polar surface area (TPSA) is 34.4 Å². The van der Waals surface area contributed by atoms with Gasteiger partial charge in [-0.2, -0.15) is 4.99 Å². The molecule has 20 heavy (non-hydrogen) atoms. The Morgan fingerprint density at radius 1 is 1.40 bits per heavy atom. The number of halogens is 1. The fraction of sp³-hybridized carbons (Fsp3) is 0.467. The summed E-state index contributed by atoms with van der Waals surface area (Å²) in [6, 6.07) is 3.89. The maximum Gasteiger partial charge on any atom is 0.248 e. The van der Waals surface area contributed by atoms with Crippen LogP contribution in [0.2, 0.25) is 5.02 Å². The minimum absolute atomic E-state index is 0.0376. The number of aryl methyl sites for hydroxylation is 2. The van der Waals surface area contributed by atoms with E-state index in [1.54, 1.807) is 0 Å². The van der Waals surface area contributed by atoms with Crippen LogP contribution in [0.4, 0.5) is 0 Å². The second kappa shape index (κ2) is 6.55. The molecule has 0 saturated heterocycles. The van der Waals surface area contributed by atoms with Gasteiger partial charge in [0.1, 0.15) is 0 Å². The van der Waals surface area contributed by atoms with Gasteiger partial charge in [-0.1, -0.05) is 36.3 Å². The van der Waals surface area contributed by atoms with Crippen LogP contribution in [0.1, 0.15) is 38.7 Å². The molecule has 0 aliphatic carbocycles. The van der Waals surface area contributed by atoms with Crippen LogP contribution in [-0.4, -0.2) is 10.5 Å². The molecule has 0 unspecified atom stereocenters. The minimum atomic E-state index is -0.0376. The van der Waals surface area contributed by atoms with E-state index in [1.807, 2.05) is 19.1 Å². The van der Waals surface area contributed by atoms with Gasteiger partial charge >= 0.3 is 0 Å². The number of carbonyl (C=O) groups is 1. The van der Waals surface area contributed by atoms with Gasteiger partial charge in [0.25, 0.3) is 0 Å². The summed E-state index contributed by atoms with van der Waals surface area (Å²) in [6.07, 6.45) is 2.43. The zero-order chi connectivity index (χ0) is 14.7. The number of hydrogen-bond donors (Lipinski definition) is 0. The molecule has 0 atom stereocenters. The third kappa shape index (κ3) is 3.13. The highest BCUT2D eigenvalue weighted by Gasteiger charge is 2.10. The van der Waals surface area contributed by atoms with E-state index >= 15 is 0 Å². The second-order valence-electron chi connectivity index (χ2n) is 4.81. The molecule has 3 nitrogen and oxygen atoms in total. The van der Waals surface area contributed by atoms with Crippen molar-refractivity contribution in [3.8, 4) is 0 Å². The number of nitrogens with zero attached hydrogens (tertiary/aromatic N) is 2. The average Bonchev–Trinajstić information content (AvgIpc) is 2.73. The van der Waals surface area contributed by atoms with Crippen molar-refractivity contribution in [2.24, 2.45) is 4.99 Å². The van der Waals surface area contributed by atoms with Crippen molar-refractivity contribution >= 4 is 39.1 Å². The highest BCUT2D eigenvalue weighted by atomic mass is 35.5. The molecule has 1 heterocycles. The largest absolute Gasteiger partial charge is 0.316 e. The summed E-state index contributed by atoms with van der Waals surface area (Å²) in [4.78, 5) is 16.9. The summed E-state index contributed by atoms with van der Waals surface area (Å²) in [7, 11) is 0. The molecular formula is C15H19ClN2OS. The van der Waals surface area contributed by atoms with Gasteiger partial charge < -0.3 is 4.57 Å². The molecule has 1 aromatic carbocycles. The number of fused-ring (bicyclic) bond motifs is 1. The number of rotatable bonds is 4. The van der Waals surface area contributed by atoms with Gasteiger partial charge in [0.2, 0.25) is 5.91 Å². The Morgan fingerprint density at radius 2 is 2.15 bits per heavy atom. The molecule has 0 spiro atoms. The molecule has 0 radical (unpaired) electrons. The van der Waals surface area contributed by atoms with Gasteiger partial charge in [-0.25, -0.2) is 0 Å². The van der Waals surface area contributed by atoms with Crippen LogP contribution in [0.3, 0.4) is 0 Å². The Morgan fingerprint density at radius 3 is 2.80 bits per heavy atom. The summed E-state index contributed by atoms with van der Waals surface area (Å²) >= 11 is 7.63. The molecule has 0 fully saturated rings. The van der Waals surface area contributed by atoms with E-state index in [-0.39, 0.29) is 5.91 Å². The fourth-order valence-corrected chi connectivity index (χ4v) is 3.81. The first-order chi connectivity index (χ1) is 9.56. The van der Waals surface area contributed by atoms with Gasteiger partial charge in [0.15, 0.2) is 4.80 Å². The summed E-state index contributed by atoms with van der Waals surface area (Å²) in [5, 5.41) is 0.725. The lowest BCUT2D eigenvalue weighted by Gasteiger charge is -2.04. The van der Waals surface area contributed by atoms with E-state index in [0.717, 1.165) is 45.0 Å². The number of amides is 1. The van der Waals surface area contributed by atoms with E-state index in [9.17, 15) is 4.79 Å². The molecule has 5 heteroatoms. The number of hydrogen-bond acceptors (Lipinski definition) is 2. The molecule has 0 aliphatic rings. The van der Waals surface area contributed by atoms with Crippen LogP contribution in [0.5, 0.6) is 0 Å². The fourth-order valence-electron chi connectivity index (χ4n) is 2.24. The summed E-state index contributed by atoms with van der Waals surface area (Å²) in [6.45, 7) is 6.97. The SMILES string of the molecule is CCCCC(=O)N=c1sc2cc(Cl)cc(C)c2n1CC. The van der Waals surface area contributed by atoms with Crippen molar-refractivity contribution in [1.82, 2.24) is 4.57 Å². The van der Waals surface area contributed by atoms with Crippen molar-refractivity contribution < 1.29 is 4.79 Å². The highest BCUT2D eigenvalue weighted by molar-refractivity contribution is 7.16. The molecule has 1 amide bonds. The Hall–Kier alpha value is -1.13. The lowest BCUT2D eigenvalue weighted by Crippen LogP contribution is -2.16. The van der Waals surface area contributed by atoms with E-state index in [0.29, 0.717) is 6.42 Å². The van der Waals surface area contributed by atoms with E-state index in [4.69, 9.17) is 11.6 Å². The Kier molecular flexibility index (Phi) is 5.00. The molecule has 0 bridgehead atoms. The lowest BCUT2D eigenvalue weighted by atomic mass is 10.2. The first-order valence-electron chi connectivity index (χ1n) is 6.93. The van der Waals surface area contributed by atoms with Crippen LogP contribution in [0, 0.1) is 6.92 Å². The van der Waals surface area contributed by atoms with Crippen LogP contribution < -0.4 is 4.80 Å². The number of thiazole rings is 1. The van der Waals surface area contributed by atoms with Gasteiger partial charge in [-0.05, 0) is 38.0 Å². The average molecular weight is 311 g/mol. The van der Waals surface area contributed by atoms with Gasteiger partial charge in [-0.3, -0.25) is 4.79 Å².